The number of aromatic hydroxyl groups is 1. The summed E-state index contributed by atoms with van der Waals surface area (Å²) in [7, 11) is 0. The lowest BCUT2D eigenvalue weighted by atomic mass is 10.1. The average molecular weight is 279 g/mol. The summed E-state index contributed by atoms with van der Waals surface area (Å²) in [6, 6.07) is 4.88. The van der Waals surface area contributed by atoms with E-state index in [1.54, 1.807) is 12.1 Å². The van der Waals surface area contributed by atoms with E-state index in [0.717, 1.165) is 30.1 Å². The molecule has 1 aliphatic rings. The van der Waals surface area contributed by atoms with Crippen molar-refractivity contribution < 1.29 is 9.63 Å². The lowest BCUT2D eigenvalue weighted by molar-refractivity contribution is 0.414. The molecule has 0 aliphatic heterocycles. The first-order chi connectivity index (χ1) is 9.13. The van der Waals surface area contributed by atoms with Gasteiger partial charge in [-0.3, -0.25) is 0 Å². The van der Waals surface area contributed by atoms with E-state index in [1.807, 2.05) is 0 Å². The van der Waals surface area contributed by atoms with Crippen molar-refractivity contribution in [1.82, 2.24) is 10.1 Å². The van der Waals surface area contributed by atoms with Crippen LogP contribution in [0, 0.1) is 5.92 Å². The normalized spacial score (nSPS) is 22.8. The van der Waals surface area contributed by atoms with Gasteiger partial charge in [0.1, 0.15) is 5.75 Å². The van der Waals surface area contributed by atoms with Crippen molar-refractivity contribution >= 4 is 11.6 Å². The van der Waals surface area contributed by atoms with Crippen LogP contribution in [-0.4, -0.2) is 15.2 Å². The van der Waals surface area contributed by atoms with E-state index in [9.17, 15) is 5.11 Å². The molecule has 4 nitrogen and oxygen atoms in total. The summed E-state index contributed by atoms with van der Waals surface area (Å²) in [5.41, 5.74) is 0.729. The third kappa shape index (κ3) is 2.45. The number of hydrogen-bond donors (Lipinski definition) is 1. The highest BCUT2D eigenvalue weighted by atomic mass is 35.5. The molecule has 19 heavy (non-hydrogen) atoms. The summed E-state index contributed by atoms with van der Waals surface area (Å²) in [6.45, 7) is 2.25. The molecule has 2 atom stereocenters. The highest BCUT2D eigenvalue weighted by molar-refractivity contribution is 6.32. The number of phenols is 1. The zero-order valence-corrected chi connectivity index (χ0v) is 11.4. The third-order valence-corrected chi connectivity index (χ3v) is 4.00. The van der Waals surface area contributed by atoms with E-state index in [2.05, 4.69) is 17.1 Å². The van der Waals surface area contributed by atoms with Gasteiger partial charge in [-0.15, -0.1) is 0 Å². The minimum absolute atomic E-state index is 0.0507. The maximum atomic E-state index is 9.40. The molecule has 0 saturated heterocycles. The van der Waals surface area contributed by atoms with Crippen LogP contribution in [0.2, 0.25) is 5.02 Å². The molecule has 0 amide bonds. The molecule has 1 fully saturated rings. The predicted octanol–water partition coefficient (Wildman–Crippen LogP) is 4.00. The van der Waals surface area contributed by atoms with Crippen LogP contribution in [0.1, 0.15) is 37.9 Å². The zero-order chi connectivity index (χ0) is 13.4. The first-order valence-corrected chi connectivity index (χ1v) is 6.84. The van der Waals surface area contributed by atoms with Crippen LogP contribution in [0.3, 0.4) is 0 Å². The van der Waals surface area contributed by atoms with Gasteiger partial charge in [-0.2, -0.15) is 4.98 Å². The van der Waals surface area contributed by atoms with Gasteiger partial charge in [0.05, 0.1) is 5.02 Å². The van der Waals surface area contributed by atoms with Crippen LogP contribution in [0.25, 0.3) is 11.5 Å². The second-order valence-electron chi connectivity index (χ2n) is 5.24. The highest BCUT2D eigenvalue weighted by Gasteiger charge is 2.27. The maximum Gasteiger partial charge on any atom is 0.257 e. The molecule has 1 aromatic heterocycles. The molecule has 1 N–H and O–H groups in total. The standard InChI is InChI=1S/C14H15ClN2O2/c1-8-2-3-9(6-8)13-16-14(19-17-13)10-4-5-12(18)11(15)7-10/h4-5,7-9,18H,2-3,6H2,1H3. The second-order valence-corrected chi connectivity index (χ2v) is 5.65. The van der Waals surface area contributed by atoms with Crippen LogP contribution in [0.5, 0.6) is 5.75 Å². The first-order valence-electron chi connectivity index (χ1n) is 6.46. The van der Waals surface area contributed by atoms with Crippen LogP contribution >= 0.6 is 11.6 Å². The molecule has 2 aromatic rings. The summed E-state index contributed by atoms with van der Waals surface area (Å²) >= 11 is 5.88. The Hall–Kier alpha value is -1.55. The summed E-state index contributed by atoms with van der Waals surface area (Å²) in [6.07, 6.45) is 3.46. The number of rotatable bonds is 2. The molecule has 1 heterocycles. The Morgan fingerprint density at radius 2 is 2.21 bits per heavy atom. The molecule has 0 bridgehead atoms. The molecule has 1 aromatic carbocycles. The molecule has 5 heteroatoms. The Bertz CT molecular complexity index is 597. The molecule has 1 saturated carbocycles. The smallest absolute Gasteiger partial charge is 0.257 e. The van der Waals surface area contributed by atoms with Gasteiger partial charge in [0, 0.05) is 11.5 Å². The molecule has 0 spiro atoms. The van der Waals surface area contributed by atoms with E-state index in [0.29, 0.717) is 11.8 Å². The van der Waals surface area contributed by atoms with E-state index in [1.165, 1.54) is 12.5 Å². The Balaban J connectivity index is 1.86. The highest BCUT2D eigenvalue weighted by Crippen LogP contribution is 2.37. The van der Waals surface area contributed by atoms with Crippen LogP contribution < -0.4 is 0 Å². The second kappa shape index (κ2) is 4.85. The van der Waals surface area contributed by atoms with E-state index in [4.69, 9.17) is 16.1 Å². The summed E-state index contributed by atoms with van der Waals surface area (Å²) in [4.78, 5) is 4.45. The maximum absolute atomic E-state index is 9.40. The van der Waals surface area contributed by atoms with E-state index < -0.39 is 0 Å². The lowest BCUT2D eigenvalue weighted by Gasteiger charge is -2.01. The Kier molecular flexibility index (Phi) is 3.19. The van der Waals surface area contributed by atoms with E-state index >= 15 is 0 Å². The predicted molar refractivity (Wildman–Crippen MR) is 72.2 cm³/mol. The van der Waals surface area contributed by atoms with Crippen LogP contribution in [0.15, 0.2) is 22.7 Å². The van der Waals surface area contributed by atoms with Crippen molar-refractivity contribution in [2.45, 2.75) is 32.1 Å². The van der Waals surface area contributed by atoms with Gasteiger partial charge in [0.25, 0.3) is 5.89 Å². The van der Waals surface area contributed by atoms with Crippen molar-refractivity contribution in [3.63, 3.8) is 0 Å². The summed E-state index contributed by atoms with van der Waals surface area (Å²) < 4.78 is 5.29. The van der Waals surface area contributed by atoms with Crippen molar-refractivity contribution in [2.75, 3.05) is 0 Å². The van der Waals surface area contributed by atoms with Gasteiger partial charge in [0.15, 0.2) is 5.82 Å². The van der Waals surface area contributed by atoms with Crippen molar-refractivity contribution in [3.05, 3.63) is 29.0 Å². The SMILES string of the molecule is CC1CCC(c2noc(-c3ccc(O)c(Cl)c3)n2)C1. The number of hydrogen-bond acceptors (Lipinski definition) is 4. The Morgan fingerprint density at radius 1 is 1.37 bits per heavy atom. The van der Waals surface area contributed by atoms with Gasteiger partial charge >= 0.3 is 0 Å². The number of benzene rings is 1. The minimum atomic E-state index is 0.0507. The third-order valence-electron chi connectivity index (χ3n) is 3.70. The summed E-state index contributed by atoms with van der Waals surface area (Å²) in [5, 5.41) is 13.8. The van der Waals surface area contributed by atoms with Crippen molar-refractivity contribution in [3.8, 4) is 17.2 Å². The van der Waals surface area contributed by atoms with Gasteiger partial charge in [-0.1, -0.05) is 23.7 Å². The number of nitrogens with zero attached hydrogens (tertiary/aromatic N) is 2. The van der Waals surface area contributed by atoms with Gasteiger partial charge in [-0.25, -0.2) is 0 Å². The van der Waals surface area contributed by atoms with Crippen LogP contribution in [-0.2, 0) is 0 Å². The number of aromatic nitrogens is 2. The molecule has 2 unspecified atom stereocenters. The van der Waals surface area contributed by atoms with Crippen LogP contribution in [0.4, 0.5) is 0 Å². The van der Waals surface area contributed by atoms with E-state index in [-0.39, 0.29) is 10.8 Å². The molecule has 3 rings (SSSR count). The fraction of sp³-hybridized carbons (Fsp3) is 0.429. The van der Waals surface area contributed by atoms with Gasteiger partial charge < -0.3 is 9.63 Å². The fourth-order valence-electron chi connectivity index (χ4n) is 2.60. The first kappa shape index (κ1) is 12.5. The largest absolute Gasteiger partial charge is 0.506 e. The molecule has 0 radical (unpaired) electrons. The topological polar surface area (TPSA) is 59.2 Å². The summed E-state index contributed by atoms with van der Waals surface area (Å²) in [5.74, 6) is 2.42. The lowest BCUT2D eigenvalue weighted by Crippen LogP contribution is -1.96. The van der Waals surface area contributed by atoms with Crippen molar-refractivity contribution in [1.29, 1.82) is 0 Å². The monoisotopic (exact) mass is 278 g/mol. The molecule has 100 valence electrons. The molecular weight excluding hydrogens is 264 g/mol. The average Bonchev–Trinajstić information content (AvgIpc) is 3.01. The minimum Gasteiger partial charge on any atom is -0.506 e. The fourth-order valence-corrected chi connectivity index (χ4v) is 2.78. The Labute approximate surface area is 116 Å². The molecular formula is C14H15ClN2O2. The Morgan fingerprint density at radius 3 is 2.89 bits per heavy atom. The molecule has 1 aliphatic carbocycles. The zero-order valence-electron chi connectivity index (χ0n) is 10.6. The van der Waals surface area contributed by atoms with Gasteiger partial charge in [-0.05, 0) is 43.4 Å². The number of phenolic OH excluding ortho intramolecular Hbond substituents is 1. The number of halogens is 1. The van der Waals surface area contributed by atoms with Gasteiger partial charge in [0.2, 0.25) is 0 Å². The quantitative estimate of drug-likeness (QED) is 0.902. The van der Waals surface area contributed by atoms with Crippen molar-refractivity contribution in [2.24, 2.45) is 5.92 Å².